The van der Waals surface area contributed by atoms with Gasteiger partial charge in [-0.3, -0.25) is 9.48 Å². The molecule has 4 rings (SSSR count). The van der Waals surface area contributed by atoms with Crippen molar-refractivity contribution in [1.82, 2.24) is 19.7 Å². The minimum atomic E-state index is -4.76. The van der Waals surface area contributed by atoms with E-state index in [0.29, 0.717) is 42.9 Å². The van der Waals surface area contributed by atoms with Crippen LogP contribution >= 0.6 is 0 Å². The van der Waals surface area contributed by atoms with Crippen molar-refractivity contribution in [3.63, 3.8) is 0 Å². The van der Waals surface area contributed by atoms with Gasteiger partial charge in [0.15, 0.2) is 5.65 Å². The van der Waals surface area contributed by atoms with Crippen LogP contribution in [-0.4, -0.2) is 51.1 Å². The molecule has 1 amide bonds. The van der Waals surface area contributed by atoms with Crippen molar-refractivity contribution in [3.8, 4) is 11.5 Å². The molecule has 1 aliphatic rings. The van der Waals surface area contributed by atoms with Crippen molar-refractivity contribution in [3.05, 3.63) is 47.3 Å². The van der Waals surface area contributed by atoms with Gasteiger partial charge in [0.25, 0.3) is 5.91 Å². The number of aryl methyl sites for hydroxylation is 3. The molecule has 0 unspecified atom stereocenters. The van der Waals surface area contributed by atoms with Crippen molar-refractivity contribution in [2.75, 3.05) is 13.1 Å². The van der Waals surface area contributed by atoms with Crippen LogP contribution in [-0.2, 0) is 7.05 Å². The maximum atomic E-state index is 13.3. The molecular weight excluding hydrogens is 425 g/mol. The summed E-state index contributed by atoms with van der Waals surface area (Å²) in [7, 11) is 1.80. The van der Waals surface area contributed by atoms with Crippen LogP contribution in [0.3, 0.4) is 0 Å². The zero-order chi connectivity index (χ0) is 23.0. The predicted octanol–water partition coefficient (Wildman–Crippen LogP) is 4.17. The van der Waals surface area contributed by atoms with E-state index in [2.05, 4.69) is 14.8 Å². The molecule has 0 atom stereocenters. The number of benzene rings is 1. The van der Waals surface area contributed by atoms with E-state index < -0.39 is 6.36 Å². The van der Waals surface area contributed by atoms with Crippen LogP contribution in [0.15, 0.2) is 30.3 Å². The lowest BCUT2D eigenvalue weighted by Gasteiger charge is -2.32. The number of fused-ring (bicyclic) bond motifs is 1. The lowest BCUT2D eigenvalue weighted by Crippen LogP contribution is -2.41. The Bertz CT molecular complexity index is 1150. The molecule has 32 heavy (non-hydrogen) atoms. The third-order valence-corrected chi connectivity index (χ3v) is 5.40. The van der Waals surface area contributed by atoms with Gasteiger partial charge in [0.2, 0.25) is 0 Å². The average molecular weight is 448 g/mol. The molecule has 0 bridgehead atoms. The standard InChI is InChI=1S/C22H23F3N4O3/c1-13-11-18(19-14(2)27-28(3)20(19)26-13)21(30)29-9-7-15(8-10-29)31-16-5-4-6-17(12-16)32-22(23,24)25/h4-6,11-12,15H,7-10H2,1-3H3. The Morgan fingerprint density at radius 2 is 1.81 bits per heavy atom. The van der Waals surface area contributed by atoms with Gasteiger partial charge in [0, 0.05) is 44.7 Å². The number of carbonyl (C=O) groups excluding carboxylic acids is 1. The summed E-state index contributed by atoms with van der Waals surface area (Å²) in [6, 6.07) is 7.25. The number of ether oxygens (including phenoxy) is 2. The van der Waals surface area contributed by atoms with Crippen molar-refractivity contribution in [2.24, 2.45) is 7.05 Å². The molecule has 0 aliphatic carbocycles. The fourth-order valence-corrected chi connectivity index (χ4v) is 4.02. The minimum Gasteiger partial charge on any atom is -0.490 e. The number of hydrogen-bond donors (Lipinski definition) is 0. The van der Waals surface area contributed by atoms with Gasteiger partial charge < -0.3 is 14.4 Å². The molecule has 2 aromatic heterocycles. The summed E-state index contributed by atoms with van der Waals surface area (Å²) in [5.74, 6) is -0.115. The van der Waals surface area contributed by atoms with Crippen molar-refractivity contribution in [2.45, 2.75) is 39.2 Å². The van der Waals surface area contributed by atoms with Gasteiger partial charge in [-0.2, -0.15) is 5.10 Å². The monoisotopic (exact) mass is 448 g/mol. The number of amides is 1. The largest absolute Gasteiger partial charge is 0.573 e. The quantitative estimate of drug-likeness (QED) is 0.599. The zero-order valence-corrected chi connectivity index (χ0v) is 17.9. The molecular formula is C22H23F3N4O3. The van der Waals surface area contributed by atoms with Crippen LogP contribution in [0.25, 0.3) is 11.0 Å². The number of rotatable bonds is 4. The molecule has 0 N–H and O–H groups in total. The van der Waals surface area contributed by atoms with Crippen molar-refractivity contribution in [1.29, 1.82) is 0 Å². The fraction of sp³-hybridized carbons (Fsp3) is 0.409. The highest BCUT2D eigenvalue weighted by Crippen LogP contribution is 2.29. The minimum absolute atomic E-state index is 0.0874. The zero-order valence-electron chi connectivity index (χ0n) is 17.9. The van der Waals surface area contributed by atoms with E-state index in [9.17, 15) is 18.0 Å². The van der Waals surface area contributed by atoms with E-state index in [1.165, 1.54) is 18.2 Å². The summed E-state index contributed by atoms with van der Waals surface area (Å²) in [4.78, 5) is 19.5. The molecule has 3 heterocycles. The number of alkyl halides is 3. The highest BCUT2D eigenvalue weighted by molar-refractivity contribution is 6.06. The average Bonchev–Trinajstić information content (AvgIpc) is 3.00. The van der Waals surface area contributed by atoms with E-state index in [1.54, 1.807) is 28.8 Å². The lowest BCUT2D eigenvalue weighted by molar-refractivity contribution is -0.274. The normalized spacial score (nSPS) is 15.2. The molecule has 1 aromatic carbocycles. The Morgan fingerprint density at radius 3 is 2.50 bits per heavy atom. The summed E-state index contributed by atoms with van der Waals surface area (Å²) in [5.41, 5.74) is 2.74. The van der Waals surface area contributed by atoms with E-state index in [1.807, 2.05) is 13.8 Å². The van der Waals surface area contributed by atoms with Crippen LogP contribution in [0, 0.1) is 13.8 Å². The molecule has 1 fully saturated rings. The fourth-order valence-electron chi connectivity index (χ4n) is 4.02. The number of nitrogens with zero attached hydrogens (tertiary/aromatic N) is 4. The van der Waals surface area contributed by atoms with Crippen molar-refractivity contribution >= 4 is 16.9 Å². The van der Waals surface area contributed by atoms with Gasteiger partial charge in [-0.1, -0.05) is 6.07 Å². The summed E-state index contributed by atoms with van der Waals surface area (Å²) in [6.07, 6.45) is -3.84. The third-order valence-electron chi connectivity index (χ3n) is 5.40. The highest BCUT2D eigenvalue weighted by atomic mass is 19.4. The molecule has 0 saturated carbocycles. The SMILES string of the molecule is Cc1cc(C(=O)N2CCC(Oc3cccc(OC(F)(F)F)c3)CC2)c2c(C)nn(C)c2n1. The van der Waals surface area contributed by atoms with Crippen LogP contribution in [0.4, 0.5) is 13.2 Å². The Labute approximate surface area is 182 Å². The molecule has 10 heteroatoms. The van der Waals surface area contributed by atoms with E-state index in [4.69, 9.17) is 4.74 Å². The summed E-state index contributed by atoms with van der Waals surface area (Å²) in [5, 5.41) is 5.14. The second kappa shape index (κ2) is 8.33. The first-order chi connectivity index (χ1) is 15.1. The number of pyridine rings is 1. The first-order valence-electron chi connectivity index (χ1n) is 10.2. The molecule has 170 valence electrons. The van der Waals surface area contributed by atoms with Crippen LogP contribution in [0.5, 0.6) is 11.5 Å². The van der Waals surface area contributed by atoms with Crippen LogP contribution in [0.1, 0.15) is 34.6 Å². The van der Waals surface area contributed by atoms with Gasteiger partial charge in [-0.05, 0) is 32.0 Å². The molecule has 1 saturated heterocycles. The first-order valence-corrected chi connectivity index (χ1v) is 10.2. The number of carbonyl (C=O) groups is 1. The van der Waals surface area contributed by atoms with Gasteiger partial charge in [0.1, 0.15) is 17.6 Å². The van der Waals surface area contributed by atoms with Crippen LogP contribution in [0.2, 0.25) is 0 Å². The Hall–Kier alpha value is -3.30. The van der Waals surface area contributed by atoms with Gasteiger partial charge in [0.05, 0.1) is 16.6 Å². The molecule has 7 nitrogen and oxygen atoms in total. The number of aromatic nitrogens is 3. The lowest BCUT2D eigenvalue weighted by atomic mass is 10.0. The highest BCUT2D eigenvalue weighted by Gasteiger charge is 2.31. The van der Waals surface area contributed by atoms with E-state index in [-0.39, 0.29) is 17.8 Å². The number of hydrogen-bond acceptors (Lipinski definition) is 5. The second-order valence-corrected chi connectivity index (χ2v) is 7.85. The molecule has 0 spiro atoms. The van der Waals surface area contributed by atoms with Gasteiger partial charge >= 0.3 is 6.36 Å². The van der Waals surface area contributed by atoms with E-state index >= 15 is 0 Å². The topological polar surface area (TPSA) is 69.5 Å². The Kier molecular flexibility index (Phi) is 5.70. The molecule has 3 aromatic rings. The maximum absolute atomic E-state index is 13.3. The van der Waals surface area contributed by atoms with Crippen LogP contribution < -0.4 is 9.47 Å². The van der Waals surface area contributed by atoms with Gasteiger partial charge in [-0.15, -0.1) is 13.2 Å². The number of likely N-dealkylation sites (tertiary alicyclic amines) is 1. The Balaban J connectivity index is 1.43. The first kappa shape index (κ1) is 21.9. The van der Waals surface area contributed by atoms with Gasteiger partial charge in [-0.25, -0.2) is 4.98 Å². The summed E-state index contributed by atoms with van der Waals surface area (Å²) in [6.45, 7) is 4.65. The molecule has 1 aliphatic heterocycles. The Morgan fingerprint density at radius 1 is 1.12 bits per heavy atom. The predicted molar refractivity (Wildman–Crippen MR) is 111 cm³/mol. The summed E-state index contributed by atoms with van der Waals surface area (Å²) >= 11 is 0. The summed E-state index contributed by atoms with van der Waals surface area (Å²) < 4.78 is 48.7. The maximum Gasteiger partial charge on any atom is 0.573 e. The third kappa shape index (κ3) is 4.63. The number of piperidine rings is 1. The van der Waals surface area contributed by atoms with E-state index in [0.717, 1.165) is 16.8 Å². The second-order valence-electron chi connectivity index (χ2n) is 7.85. The van der Waals surface area contributed by atoms with Crippen molar-refractivity contribution < 1.29 is 27.4 Å². The number of halogens is 3. The molecule has 0 radical (unpaired) electrons. The smallest absolute Gasteiger partial charge is 0.490 e.